The summed E-state index contributed by atoms with van der Waals surface area (Å²) >= 11 is 0. The first-order chi connectivity index (χ1) is 15.3. The van der Waals surface area contributed by atoms with Gasteiger partial charge in [-0.25, -0.2) is 13.8 Å². The van der Waals surface area contributed by atoms with Crippen LogP contribution in [0.2, 0.25) is 0 Å². The lowest BCUT2D eigenvalue weighted by molar-refractivity contribution is -0.161. The number of aromatic nitrogens is 1. The van der Waals surface area contributed by atoms with Crippen LogP contribution in [0.1, 0.15) is 24.8 Å². The third kappa shape index (κ3) is 4.88. The number of hydrogen-bond acceptors (Lipinski definition) is 5. The number of pyridine rings is 1. The Bertz CT molecular complexity index is 1030. The smallest absolute Gasteiger partial charge is 0.301 e. The van der Waals surface area contributed by atoms with Crippen LogP contribution in [-0.4, -0.2) is 58.5 Å². The first-order valence-electron chi connectivity index (χ1n) is 10.6. The molecule has 2 heterocycles. The maximum Gasteiger partial charge on any atom is 0.301 e. The van der Waals surface area contributed by atoms with Gasteiger partial charge in [0, 0.05) is 25.1 Å². The highest BCUT2D eigenvalue weighted by atomic mass is 19.3. The fraction of sp³-hybridized carbons (Fsp3) is 0.435. The van der Waals surface area contributed by atoms with Crippen LogP contribution in [0.5, 0.6) is 5.75 Å². The van der Waals surface area contributed by atoms with Gasteiger partial charge >= 0.3 is 5.92 Å². The summed E-state index contributed by atoms with van der Waals surface area (Å²) in [4.78, 5) is 28.7. The molecule has 0 radical (unpaired) electrons. The average molecular weight is 445 g/mol. The predicted octanol–water partition coefficient (Wildman–Crippen LogP) is 3.01. The minimum atomic E-state index is -3.23. The zero-order valence-corrected chi connectivity index (χ0v) is 17.7. The van der Waals surface area contributed by atoms with Gasteiger partial charge in [0.1, 0.15) is 18.2 Å². The molecule has 32 heavy (non-hydrogen) atoms. The first kappa shape index (κ1) is 22.1. The molecule has 1 saturated heterocycles. The molecule has 0 spiro atoms. The van der Waals surface area contributed by atoms with Gasteiger partial charge in [-0.2, -0.15) is 0 Å². The van der Waals surface area contributed by atoms with Gasteiger partial charge in [-0.1, -0.05) is 6.07 Å². The predicted molar refractivity (Wildman–Crippen MR) is 113 cm³/mol. The quantitative estimate of drug-likeness (QED) is 0.713. The van der Waals surface area contributed by atoms with Gasteiger partial charge in [-0.3, -0.25) is 9.59 Å². The minimum Gasteiger partial charge on any atom is -0.484 e. The van der Waals surface area contributed by atoms with E-state index in [2.05, 4.69) is 10.3 Å². The Balaban J connectivity index is 1.46. The van der Waals surface area contributed by atoms with Crippen LogP contribution < -0.4 is 10.1 Å². The van der Waals surface area contributed by atoms with E-state index in [9.17, 15) is 18.4 Å². The molecular formula is C23H25F2N3O4. The van der Waals surface area contributed by atoms with Crippen LogP contribution in [0.25, 0.3) is 11.1 Å². The molecule has 1 aromatic carbocycles. The Morgan fingerprint density at radius 3 is 2.62 bits per heavy atom. The third-order valence-electron chi connectivity index (χ3n) is 5.76. The Labute approximate surface area is 184 Å². The summed E-state index contributed by atoms with van der Waals surface area (Å²) in [5.41, 5.74) is 2.36. The second kappa shape index (κ2) is 8.82. The lowest BCUT2D eigenvalue weighted by Crippen LogP contribution is -2.55. The Morgan fingerprint density at radius 1 is 1.22 bits per heavy atom. The summed E-state index contributed by atoms with van der Waals surface area (Å²) in [5, 5.41) is 11.7. The molecule has 4 rings (SSSR count). The van der Waals surface area contributed by atoms with Crippen molar-refractivity contribution in [2.45, 2.75) is 38.2 Å². The van der Waals surface area contributed by atoms with E-state index in [-0.39, 0.29) is 24.8 Å². The number of hydrogen-bond donors (Lipinski definition) is 2. The van der Waals surface area contributed by atoms with Crippen LogP contribution in [0.4, 0.5) is 14.6 Å². The van der Waals surface area contributed by atoms with Crippen molar-refractivity contribution in [2.24, 2.45) is 5.92 Å². The van der Waals surface area contributed by atoms with Crippen molar-refractivity contribution in [2.75, 3.05) is 25.0 Å². The SMILES string of the molecule is Cc1cc(-c2ccnc(NC(=O)C3CC3)c2)ccc1O[C@H]1CCN(C(=O)CO)CC1(F)F. The number of aliphatic hydroxyl groups is 1. The number of halogens is 2. The molecule has 1 aliphatic carbocycles. The number of carbonyl (C=O) groups excluding carboxylic acids is 2. The number of nitrogens with one attached hydrogen (secondary N) is 1. The van der Waals surface area contributed by atoms with Crippen LogP contribution in [0.15, 0.2) is 36.5 Å². The standard InChI is InChI=1S/C23H25F2N3O4/c1-14-10-16(17-6-8-26-20(11-17)27-22(31)15-2-3-15)4-5-18(14)32-19-7-9-28(21(30)12-29)13-23(19,24)25/h4-6,8,10-11,15,19,29H,2-3,7,9,12-13H2,1H3,(H,26,27,31)/t19-/m0/s1. The van der Waals surface area contributed by atoms with Gasteiger partial charge in [-0.15, -0.1) is 0 Å². The number of ether oxygens (including phenoxy) is 1. The minimum absolute atomic E-state index is 0.0257. The number of carbonyl (C=O) groups is 2. The summed E-state index contributed by atoms with van der Waals surface area (Å²) < 4.78 is 34.7. The maximum absolute atomic E-state index is 14.5. The van der Waals surface area contributed by atoms with Crippen LogP contribution in [0.3, 0.4) is 0 Å². The second-order valence-electron chi connectivity index (χ2n) is 8.30. The van der Waals surface area contributed by atoms with Crippen LogP contribution in [0, 0.1) is 12.8 Å². The molecule has 2 amide bonds. The highest BCUT2D eigenvalue weighted by Crippen LogP contribution is 2.34. The number of aryl methyl sites for hydroxylation is 1. The summed E-state index contributed by atoms with van der Waals surface area (Å²) in [7, 11) is 0. The number of likely N-dealkylation sites (tertiary alicyclic amines) is 1. The number of alkyl halides is 2. The van der Waals surface area contributed by atoms with E-state index in [4.69, 9.17) is 9.84 Å². The highest BCUT2D eigenvalue weighted by Gasteiger charge is 2.47. The Kier molecular flexibility index (Phi) is 6.10. The van der Waals surface area contributed by atoms with Crippen molar-refractivity contribution in [3.05, 3.63) is 42.1 Å². The molecular weight excluding hydrogens is 420 g/mol. The fourth-order valence-corrected chi connectivity index (χ4v) is 3.74. The largest absolute Gasteiger partial charge is 0.484 e. The number of anilines is 1. The number of rotatable bonds is 6. The normalized spacial score (nSPS) is 20.0. The van der Waals surface area contributed by atoms with Crippen LogP contribution >= 0.6 is 0 Å². The molecule has 1 aliphatic heterocycles. The summed E-state index contributed by atoms with van der Waals surface area (Å²) in [6.45, 7) is 0.311. The number of piperidine rings is 1. The van der Waals surface area contributed by atoms with Crippen molar-refractivity contribution >= 4 is 17.6 Å². The van der Waals surface area contributed by atoms with E-state index in [0.717, 1.165) is 28.9 Å². The molecule has 7 nitrogen and oxygen atoms in total. The molecule has 2 aliphatic rings. The molecule has 1 saturated carbocycles. The lowest BCUT2D eigenvalue weighted by Gasteiger charge is -2.38. The zero-order valence-electron chi connectivity index (χ0n) is 17.7. The van der Waals surface area contributed by atoms with Crippen molar-refractivity contribution in [3.63, 3.8) is 0 Å². The zero-order chi connectivity index (χ0) is 22.9. The lowest BCUT2D eigenvalue weighted by atomic mass is 10.0. The van der Waals surface area contributed by atoms with E-state index in [1.54, 1.807) is 31.3 Å². The molecule has 0 unspecified atom stereocenters. The molecule has 2 N–H and O–H groups in total. The molecule has 9 heteroatoms. The van der Waals surface area contributed by atoms with Gasteiger partial charge in [0.25, 0.3) is 0 Å². The molecule has 0 bridgehead atoms. The van der Waals surface area contributed by atoms with Gasteiger partial charge < -0.3 is 20.1 Å². The molecule has 2 aromatic rings. The van der Waals surface area contributed by atoms with E-state index < -0.39 is 31.1 Å². The molecule has 1 aromatic heterocycles. The van der Waals surface area contributed by atoms with Gasteiger partial charge in [0.05, 0.1) is 6.54 Å². The van der Waals surface area contributed by atoms with Gasteiger partial charge in [-0.05, 0) is 60.7 Å². The summed E-state index contributed by atoms with van der Waals surface area (Å²) in [6, 6.07) is 8.84. The van der Waals surface area contributed by atoms with E-state index in [1.165, 1.54) is 0 Å². The van der Waals surface area contributed by atoms with Gasteiger partial charge in [0.2, 0.25) is 11.8 Å². The van der Waals surface area contributed by atoms with E-state index >= 15 is 0 Å². The topological polar surface area (TPSA) is 91.8 Å². The molecule has 170 valence electrons. The highest BCUT2D eigenvalue weighted by molar-refractivity contribution is 5.93. The Hall–Kier alpha value is -3.07. The number of aliphatic hydroxyl groups excluding tert-OH is 1. The van der Waals surface area contributed by atoms with Gasteiger partial charge in [0.15, 0.2) is 6.10 Å². The first-order valence-corrected chi connectivity index (χ1v) is 10.6. The van der Waals surface area contributed by atoms with Crippen molar-refractivity contribution in [3.8, 4) is 16.9 Å². The fourth-order valence-electron chi connectivity index (χ4n) is 3.74. The van der Waals surface area contributed by atoms with Crippen molar-refractivity contribution in [1.29, 1.82) is 0 Å². The second-order valence-corrected chi connectivity index (χ2v) is 8.30. The number of nitrogens with zero attached hydrogens (tertiary/aromatic N) is 2. The molecule has 1 atom stereocenters. The number of benzene rings is 1. The number of amides is 2. The summed E-state index contributed by atoms with van der Waals surface area (Å²) in [5.74, 6) is -3.08. The van der Waals surface area contributed by atoms with Crippen molar-refractivity contribution in [1.82, 2.24) is 9.88 Å². The molecule has 2 fully saturated rings. The summed E-state index contributed by atoms with van der Waals surface area (Å²) in [6.07, 6.45) is 2.03. The van der Waals surface area contributed by atoms with E-state index in [1.807, 2.05) is 12.1 Å². The van der Waals surface area contributed by atoms with Crippen LogP contribution in [-0.2, 0) is 9.59 Å². The third-order valence-corrected chi connectivity index (χ3v) is 5.76. The average Bonchev–Trinajstić information content (AvgIpc) is 3.61. The van der Waals surface area contributed by atoms with E-state index in [0.29, 0.717) is 17.1 Å². The Morgan fingerprint density at radius 2 is 1.97 bits per heavy atom. The maximum atomic E-state index is 14.5. The monoisotopic (exact) mass is 445 g/mol. The van der Waals surface area contributed by atoms with Crippen molar-refractivity contribution < 1.29 is 28.2 Å².